The summed E-state index contributed by atoms with van der Waals surface area (Å²) < 4.78 is 0. The van der Waals surface area contributed by atoms with E-state index in [0.29, 0.717) is 0 Å². The van der Waals surface area contributed by atoms with Crippen molar-refractivity contribution < 1.29 is 0 Å². The minimum atomic E-state index is 1.14. The van der Waals surface area contributed by atoms with Gasteiger partial charge in [-0.05, 0) is 6.42 Å². The first-order valence-corrected chi connectivity index (χ1v) is 4.37. The third-order valence-electron chi connectivity index (χ3n) is 1.69. The molecule has 66 valence electrons. The van der Waals surface area contributed by atoms with E-state index in [4.69, 9.17) is 0 Å². The van der Waals surface area contributed by atoms with E-state index in [1.54, 1.807) is 0 Å². The summed E-state index contributed by atoms with van der Waals surface area (Å²) in [6, 6.07) is 0. The van der Waals surface area contributed by atoms with E-state index in [-0.39, 0.29) is 0 Å². The van der Waals surface area contributed by atoms with E-state index in [1.807, 2.05) is 0 Å². The smallest absolute Gasteiger partial charge is 0.0112 e. The lowest BCUT2D eigenvalue weighted by Crippen LogP contribution is -2.39. The van der Waals surface area contributed by atoms with Crippen molar-refractivity contribution in [2.45, 2.75) is 6.42 Å². The van der Waals surface area contributed by atoms with Crippen molar-refractivity contribution in [3.8, 4) is 0 Å². The van der Waals surface area contributed by atoms with Crippen LogP contribution < -0.4 is 21.5 Å². The first-order valence-electron chi connectivity index (χ1n) is 4.37. The highest BCUT2D eigenvalue weighted by atomic mass is 15.4. The molecule has 2 heterocycles. The summed E-state index contributed by atoms with van der Waals surface area (Å²) in [7, 11) is 0. The fourth-order valence-electron chi connectivity index (χ4n) is 1.05. The van der Waals surface area contributed by atoms with Crippen molar-refractivity contribution in [1.82, 2.24) is 21.5 Å². The van der Waals surface area contributed by atoms with Crippen LogP contribution in [0.4, 0.5) is 0 Å². The molecule has 0 bridgehead atoms. The van der Waals surface area contributed by atoms with Crippen LogP contribution in [-0.4, -0.2) is 39.3 Å². The second-order valence-electron chi connectivity index (χ2n) is 2.71. The summed E-state index contributed by atoms with van der Waals surface area (Å²) in [6.45, 7) is 6.83. The molecule has 2 fully saturated rings. The van der Waals surface area contributed by atoms with E-state index >= 15 is 0 Å². The Balaban J connectivity index is 0.000000112. The Labute approximate surface area is 68.1 Å². The van der Waals surface area contributed by atoms with Gasteiger partial charge in [-0.1, -0.05) is 0 Å². The van der Waals surface area contributed by atoms with Gasteiger partial charge in [0.1, 0.15) is 0 Å². The van der Waals surface area contributed by atoms with Gasteiger partial charge in [-0.3, -0.25) is 10.9 Å². The molecule has 4 N–H and O–H groups in total. The largest absolute Gasteiger partial charge is 0.314 e. The Morgan fingerprint density at radius 2 is 1.00 bits per heavy atom. The van der Waals surface area contributed by atoms with Gasteiger partial charge in [-0.15, -0.1) is 0 Å². The number of piperazine rings is 1. The maximum Gasteiger partial charge on any atom is 0.0112 e. The summed E-state index contributed by atoms with van der Waals surface area (Å²) >= 11 is 0. The number of hydrogen-bond donors (Lipinski definition) is 4. The zero-order valence-electron chi connectivity index (χ0n) is 6.95. The van der Waals surface area contributed by atoms with Gasteiger partial charge in [0, 0.05) is 39.3 Å². The molecule has 0 amide bonds. The Morgan fingerprint density at radius 1 is 0.545 bits per heavy atom. The van der Waals surface area contributed by atoms with Crippen molar-refractivity contribution >= 4 is 0 Å². The molecule has 0 unspecified atom stereocenters. The lowest BCUT2D eigenvalue weighted by Gasteiger charge is -2.11. The summed E-state index contributed by atoms with van der Waals surface area (Å²) in [4.78, 5) is 0. The second kappa shape index (κ2) is 6.54. The quantitative estimate of drug-likeness (QED) is 0.352. The molecule has 0 aromatic carbocycles. The van der Waals surface area contributed by atoms with Gasteiger partial charge in [-0.2, -0.15) is 0 Å². The zero-order chi connectivity index (χ0) is 7.78. The fourth-order valence-corrected chi connectivity index (χ4v) is 1.05. The normalized spacial score (nSPS) is 24.0. The topological polar surface area (TPSA) is 48.1 Å². The first kappa shape index (κ1) is 8.93. The van der Waals surface area contributed by atoms with Crippen LogP contribution in [0.25, 0.3) is 0 Å². The highest BCUT2D eigenvalue weighted by Crippen LogP contribution is 1.74. The highest BCUT2D eigenvalue weighted by molar-refractivity contribution is 4.59. The van der Waals surface area contributed by atoms with Gasteiger partial charge >= 0.3 is 0 Å². The zero-order valence-corrected chi connectivity index (χ0v) is 6.95. The fraction of sp³-hybridized carbons (Fsp3) is 1.00. The molecule has 0 atom stereocenters. The van der Waals surface area contributed by atoms with Crippen molar-refractivity contribution in [1.29, 1.82) is 0 Å². The summed E-state index contributed by atoms with van der Waals surface area (Å²) in [5.74, 6) is 0. The SMILES string of the molecule is C1CNCCN1.C1CNNC1. The predicted molar refractivity (Wildman–Crippen MR) is 46.4 cm³/mol. The summed E-state index contributed by atoms with van der Waals surface area (Å²) in [6.07, 6.45) is 1.28. The molecule has 0 aromatic rings. The molecular formula is C7H18N4. The second-order valence-corrected chi connectivity index (χ2v) is 2.71. The molecule has 0 aliphatic carbocycles. The Hall–Kier alpha value is -0.160. The van der Waals surface area contributed by atoms with Crippen LogP contribution in [-0.2, 0) is 0 Å². The van der Waals surface area contributed by atoms with Gasteiger partial charge in [0.2, 0.25) is 0 Å². The number of hydrogen-bond acceptors (Lipinski definition) is 4. The number of rotatable bonds is 0. The highest BCUT2D eigenvalue weighted by Gasteiger charge is 1.92. The monoisotopic (exact) mass is 158 g/mol. The first-order chi connectivity index (χ1) is 5.50. The van der Waals surface area contributed by atoms with E-state index in [1.165, 1.54) is 6.42 Å². The average Bonchev–Trinajstić information content (AvgIpc) is 2.64. The Kier molecular flexibility index (Phi) is 5.31. The van der Waals surface area contributed by atoms with Gasteiger partial charge in [0.15, 0.2) is 0 Å². The van der Waals surface area contributed by atoms with E-state index in [0.717, 1.165) is 39.3 Å². The number of nitrogens with one attached hydrogen (secondary N) is 4. The third-order valence-corrected chi connectivity index (χ3v) is 1.69. The molecule has 0 aromatic heterocycles. The van der Waals surface area contributed by atoms with Crippen LogP contribution in [0.15, 0.2) is 0 Å². The van der Waals surface area contributed by atoms with Crippen LogP contribution >= 0.6 is 0 Å². The average molecular weight is 158 g/mol. The van der Waals surface area contributed by atoms with Crippen LogP contribution in [0.1, 0.15) is 6.42 Å². The Morgan fingerprint density at radius 3 is 1.18 bits per heavy atom. The summed E-state index contributed by atoms with van der Waals surface area (Å²) in [5, 5.41) is 6.44. The minimum Gasteiger partial charge on any atom is -0.314 e. The molecule has 11 heavy (non-hydrogen) atoms. The molecule has 4 nitrogen and oxygen atoms in total. The van der Waals surface area contributed by atoms with Crippen LogP contribution in [0.2, 0.25) is 0 Å². The van der Waals surface area contributed by atoms with Gasteiger partial charge in [-0.25, -0.2) is 0 Å². The number of hydrazine groups is 1. The molecule has 0 saturated carbocycles. The van der Waals surface area contributed by atoms with Crippen molar-refractivity contribution in [3.05, 3.63) is 0 Å². The van der Waals surface area contributed by atoms with Gasteiger partial charge in [0.05, 0.1) is 0 Å². The maximum absolute atomic E-state index is 3.22. The molecule has 2 saturated heterocycles. The molecule has 2 rings (SSSR count). The molecule has 2 aliphatic rings. The van der Waals surface area contributed by atoms with E-state index in [9.17, 15) is 0 Å². The predicted octanol–water partition coefficient (Wildman–Crippen LogP) is -1.34. The molecule has 2 aliphatic heterocycles. The van der Waals surface area contributed by atoms with Crippen LogP contribution in [0.5, 0.6) is 0 Å². The standard InChI is InChI=1S/C4H10N2.C3H8N2/c1-2-6-4-3-5-1;1-2-4-5-3-1/h5-6H,1-4H2;4-5H,1-3H2. The minimum absolute atomic E-state index is 1.14. The molecular weight excluding hydrogens is 140 g/mol. The van der Waals surface area contributed by atoms with Crippen molar-refractivity contribution in [3.63, 3.8) is 0 Å². The third kappa shape index (κ3) is 5.15. The van der Waals surface area contributed by atoms with Gasteiger partial charge < -0.3 is 10.6 Å². The molecule has 0 radical (unpaired) electrons. The van der Waals surface area contributed by atoms with Crippen molar-refractivity contribution in [2.24, 2.45) is 0 Å². The van der Waals surface area contributed by atoms with Crippen LogP contribution in [0.3, 0.4) is 0 Å². The van der Waals surface area contributed by atoms with Crippen LogP contribution in [0, 0.1) is 0 Å². The summed E-state index contributed by atoms with van der Waals surface area (Å²) in [5.41, 5.74) is 5.94. The Bertz CT molecular complexity index is 59.4. The van der Waals surface area contributed by atoms with E-state index < -0.39 is 0 Å². The van der Waals surface area contributed by atoms with Gasteiger partial charge in [0.25, 0.3) is 0 Å². The maximum atomic E-state index is 3.22. The lowest BCUT2D eigenvalue weighted by atomic mass is 10.4. The molecule has 4 heteroatoms. The van der Waals surface area contributed by atoms with E-state index in [2.05, 4.69) is 21.5 Å². The lowest BCUT2D eigenvalue weighted by molar-refractivity contribution is 0.534. The molecule has 0 spiro atoms. The van der Waals surface area contributed by atoms with Crippen molar-refractivity contribution in [2.75, 3.05) is 39.3 Å².